The van der Waals surface area contributed by atoms with Crippen molar-refractivity contribution in [2.24, 2.45) is 5.92 Å². The molecule has 0 aliphatic carbocycles. The van der Waals surface area contributed by atoms with Gasteiger partial charge in [-0.2, -0.15) is 0 Å². The van der Waals surface area contributed by atoms with Crippen LogP contribution < -0.4 is 4.74 Å². The minimum Gasteiger partial charge on any atom is -0.497 e. The van der Waals surface area contributed by atoms with Gasteiger partial charge in [-0.25, -0.2) is 0 Å². The predicted molar refractivity (Wildman–Crippen MR) is 95.0 cm³/mol. The molecule has 4 nitrogen and oxygen atoms in total. The number of hydrogen-bond donors (Lipinski definition) is 0. The zero-order valence-electron chi connectivity index (χ0n) is 14.3. The average Bonchev–Trinajstić information content (AvgIpc) is 3.04. The summed E-state index contributed by atoms with van der Waals surface area (Å²) in [6.07, 6.45) is 8.90. The molecule has 0 N–H and O–H groups in total. The zero-order valence-corrected chi connectivity index (χ0v) is 14.3. The molecule has 0 unspecified atom stereocenters. The second kappa shape index (κ2) is 6.54. The van der Waals surface area contributed by atoms with E-state index >= 15 is 0 Å². The van der Waals surface area contributed by atoms with Crippen LogP contribution in [0.25, 0.3) is 10.9 Å². The molecule has 0 saturated carbocycles. The number of benzene rings is 1. The van der Waals surface area contributed by atoms with Gasteiger partial charge in [-0.1, -0.05) is 12.2 Å². The maximum Gasteiger partial charge on any atom is 0.119 e. The normalized spacial score (nSPS) is 27.7. The Bertz CT molecular complexity index is 758. The molecule has 0 radical (unpaired) electrons. The number of nitrogens with zero attached hydrogens (tertiary/aromatic N) is 2. The maximum absolute atomic E-state index is 6.23. The van der Waals surface area contributed by atoms with Crippen molar-refractivity contribution in [1.29, 1.82) is 0 Å². The van der Waals surface area contributed by atoms with Crippen molar-refractivity contribution in [3.63, 3.8) is 0 Å². The molecule has 0 spiro atoms. The minimum absolute atomic E-state index is 0.107. The molecule has 2 saturated heterocycles. The molecule has 1 aromatic carbocycles. The van der Waals surface area contributed by atoms with Crippen molar-refractivity contribution >= 4 is 10.9 Å². The number of allylic oxidation sites excluding steroid dienone is 2. The van der Waals surface area contributed by atoms with E-state index in [0.29, 0.717) is 12.0 Å². The molecule has 0 amide bonds. The van der Waals surface area contributed by atoms with Crippen LogP contribution in [0.15, 0.2) is 42.6 Å². The standard InChI is InChI=1S/C20H24N2O2/c1-3-4-14-8-10-22-13-24-20(19(22)11-14)16-7-9-21-18-6-5-15(23-2)12-17(16)18/h3-7,9,12,14,19-20H,8,10-11,13H2,1-2H3/b4-3+/t14-,19-,20+/m0/s1. The van der Waals surface area contributed by atoms with Crippen LogP contribution in [0, 0.1) is 5.92 Å². The van der Waals surface area contributed by atoms with Crippen LogP contribution in [0.4, 0.5) is 0 Å². The maximum atomic E-state index is 6.23. The van der Waals surface area contributed by atoms with E-state index in [4.69, 9.17) is 9.47 Å². The van der Waals surface area contributed by atoms with Gasteiger partial charge in [0.15, 0.2) is 0 Å². The molecular formula is C20H24N2O2. The Morgan fingerprint density at radius 3 is 3.08 bits per heavy atom. The third-order valence-electron chi connectivity index (χ3n) is 5.32. The van der Waals surface area contributed by atoms with Gasteiger partial charge < -0.3 is 9.47 Å². The Labute approximate surface area is 143 Å². The largest absolute Gasteiger partial charge is 0.497 e. The topological polar surface area (TPSA) is 34.6 Å². The van der Waals surface area contributed by atoms with Crippen LogP contribution in [-0.2, 0) is 4.74 Å². The Balaban J connectivity index is 1.71. The van der Waals surface area contributed by atoms with E-state index in [1.165, 1.54) is 12.0 Å². The van der Waals surface area contributed by atoms with Crippen molar-refractivity contribution in [1.82, 2.24) is 9.88 Å². The molecule has 24 heavy (non-hydrogen) atoms. The van der Waals surface area contributed by atoms with Gasteiger partial charge in [0.05, 0.1) is 12.6 Å². The fourth-order valence-electron chi connectivity index (χ4n) is 4.10. The number of aromatic nitrogens is 1. The molecule has 2 fully saturated rings. The smallest absolute Gasteiger partial charge is 0.119 e. The highest BCUT2D eigenvalue weighted by molar-refractivity contribution is 5.84. The van der Waals surface area contributed by atoms with Gasteiger partial charge in [-0.3, -0.25) is 9.88 Å². The van der Waals surface area contributed by atoms with Gasteiger partial charge in [-0.05, 0) is 55.5 Å². The van der Waals surface area contributed by atoms with Crippen molar-refractivity contribution in [2.75, 3.05) is 20.4 Å². The van der Waals surface area contributed by atoms with Gasteiger partial charge in [0.2, 0.25) is 0 Å². The second-order valence-electron chi connectivity index (χ2n) is 6.69. The number of hydrogen-bond acceptors (Lipinski definition) is 4. The number of methoxy groups -OCH3 is 1. The Hall–Kier alpha value is -1.91. The summed E-state index contributed by atoms with van der Waals surface area (Å²) in [5.41, 5.74) is 2.23. The number of ether oxygens (including phenoxy) is 2. The fourth-order valence-corrected chi connectivity index (χ4v) is 4.10. The SMILES string of the molecule is C/C=C/[C@H]1CCN2CO[C@H](c3ccnc4ccc(OC)cc34)[C@@H]2C1. The second-order valence-corrected chi connectivity index (χ2v) is 6.69. The molecular weight excluding hydrogens is 300 g/mol. The fraction of sp³-hybridized carbons (Fsp3) is 0.450. The Morgan fingerprint density at radius 1 is 1.33 bits per heavy atom. The highest BCUT2D eigenvalue weighted by Crippen LogP contribution is 2.41. The van der Waals surface area contributed by atoms with Gasteiger partial charge in [0.25, 0.3) is 0 Å². The summed E-state index contributed by atoms with van der Waals surface area (Å²) in [7, 11) is 1.70. The molecule has 2 aromatic rings. The number of rotatable bonds is 3. The molecule has 4 heteroatoms. The van der Waals surface area contributed by atoms with Crippen LogP contribution in [-0.4, -0.2) is 36.3 Å². The van der Waals surface area contributed by atoms with Gasteiger partial charge in [0, 0.05) is 24.2 Å². The number of piperidine rings is 1. The molecule has 0 bridgehead atoms. The third kappa shape index (κ3) is 2.70. The lowest BCUT2D eigenvalue weighted by molar-refractivity contribution is 0.0902. The van der Waals surface area contributed by atoms with Crippen molar-refractivity contribution < 1.29 is 9.47 Å². The Kier molecular flexibility index (Phi) is 4.25. The van der Waals surface area contributed by atoms with Gasteiger partial charge in [0.1, 0.15) is 18.6 Å². The zero-order chi connectivity index (χ0) is 16.5. The van der Waals surface area contributed by atoms with E-state index in [-0.39, 0.29) is 6.10 Å². The van der Waals surface area contributed by atoms with Gasteiger partial charge >= 0.3 is 0 Å². The molecule has 4 rings (SSSR count). The average molecular weight is 324 g/mol. The number of fused-ring (bicyclic) bond motifs is 2. The molecule has 2 aliphatic heterocycles. The first-order valence-corrected chi connectivity index (χ1v) is 8.71. The van der Waals surface area contributed by atoms with Crippen molar-refractivity contribution in [3.05, 3.63) is 48.2 Å². The summed E-state index contributed by atoms with van der Waals surface area (Å²) in [5.74, 6) is 1.52. The third-order valence-corrected chi connectivity index (χ3v) is 5.32. The molecule has 2 aliphatic rings. The van der Waals surface area contributed by atoms with Crippen LogP contribution in [0.2, 0.25) is 0 Å². The van der Waals surface area contributed by atoms with E-state index in [0.717, 1.165) is 36.3 Å². The molecule has 3 heterocycles. The molecule has 1 aromatic heterocycles. The van der Waals surface area contributed by atoms with Crippen LogP contribution in [0.5, 0.6) is 5.75 Å². The van der Waals surface area contributed by atoms with Gasteiger partial charge in [-0.15, -0.1) is 0 Å². The van der Waals surface area contributed by atoms with E-state index in [9.17, 15) is 0 Å². The predicted octanol–water partition coefficient (Wildman–Crippen LogP) is 3.93. The van der Waals surface area contributed by atoms with Crippen molar-refractivity contribution in [2.45, 2.75) is 31.9 Å². The molecule has 126 valence electrons. The lowest BCUT2D eigenvalue weighted by Gasteiger charge is -2.34. The lowest BCUT2D eigenvalue weighted by Crippen LogP contribution is -2.39. The van der Waals surface area contributed by atoms with E-state index in [1.54, 1.807) is 7.11 Å². The summed E-state index contributed by atoms with van der Waals surface area (Å²) in [4.78, 5) is 6.98. The lowest BCUT2D eigenvalue weighted by atomic mass is 9.86. The quantitative estimate of drug-likeness (QED) is 0.801. The Morgan fingerprint density at radius 2 is 2.25 bits per heavy atom. The highest BCUT2D eigenvalue weighted by atomic mass is 16.5. The van der Waals surface area contributed by atoms with Crippen LogP contribution >= 0.6 is 0 Å². The summed E-state index contributed by atoms with van der Waals surface area (Å²) < 4.78 is 11.6. The number of pyridine rings is 1. The molecule has 3 atom stereocenters. The van der Waals surface area contributed by atoms with Crippen molar-refractivity contribution in [3.8, 4) is 5.75 Å². The highest BCUT2D eigenvalue weighted by Gasteiger charge is 2.40. The van der Waals surface area contributed by atoms with E-state index in [1.807, 2.05) is 18.3 Å². The van der Waals surface area contributed by atoms with Crippen LogP contribution in [0.1, 0.15) is 31.4 Å². The minimum atomic E-state index is 0.107. The first-order valence-electron chi connectivity index (χ1n) is 8.71. The summed E-state index contributed by atoms with van der Waals surface area (Å²) >= 11 is 0. The van der Waals surface area contributed by atoms with E-state index < -0.39 is 0 Å². The first-order chi connectivity index (χ1) is 11.8. The summed E-state index contributed by atoms with van der Waals surface area (Å²) in [5, 5.41) is 1.14. The van der Waals surface area contributed by atoms with Crippen LogP contribution in [0.3, 0.4) is 0 Å². The summed E-state index contributed by atoms with van der Waals surface area (Å²) in [6, 6.07) is 8.61. The summed E-state index contributed by atoms with van der Waals surface area (Å²) in [6.45, 7) is 3.95. The van der Waals surface area contributed by atoms with E-state index in [2.05, 4.69) is 41.1 Å². The monoisotopic (exact) mass is 324 g/mol. The first kappa shape index (κ1) is 15.6.